The normalized spacial score (nSPS) is 17.7. The van der Waals surface area contributed by atoms with Gasteiger partial charge in [0.25, 0.3) is 5.91 Å². The van der Waals surface area contributed by atoms with Gasteiger partial charge in [0, 0.05) is 48.1 Å². The number of aromatic amines is 1. The third kappa shape index (κ3) is 3.76. The van der Waals surface area contributed by atoms with Gasteiger partial charge in [-0.1, -0.05) is 42.5 Å². The predicted molar refractivity (Wildman–Crippen MR) is 126 cm³/mol. The number of fused-ring (bicyclic) bond motifs is 2. The van der Waals surface area contributed by atoms with Crippen LogP contribution in [-0.2, 0) is 9.53 Å². The van der Waals surface area contributed by atoms with Gasteiger partial charge in [-0.15, -0.1) is 0 Å². The van der Waals surface area contributed by atoms with Crippen molar-refractivity contribution in [2.45, 2.75) is 12.0 Å². The Morgan fingerprint density at radius 1 is 1.06 bits per heavy atom. The molecule has 2 amide bonds. The van der Waals surface area contributed by atoms with Crippen LogP contribution in [0.25, 0.3) is 10.9 Å². The molecule has 0 aliphatic carbocycles. The molecule has 2 aromatic carbocycles. The van der Waals surface area contributed by atoms with Gasteiger partial charge in [-0.3, -0.25) is 9.59 Å². The van der Waals surface area contributed by atoms with Crippen molar-refractivity contribution in [3.8, 4) is 0 Å². The molecule has 4 aromatic rings. The molecule has 166 valence electrons. The molecular weight excluding hydrogens is 416 g/mol. The quantitative estimate of drug-likeness (QED) is 0.472. The van der Waals surface area contributed by atoms with Gasteiger partial charge in [0.1, 0.15) is 5.82 Å². The van der Waals surface area contributed by atoms with Crippen molar-refractivity contribution in [2.24, 2.45) is 0 Å². The standard InChI is InChI=1S/C26H24N4O3/c1-33-15-14-30-24(20-16-28-21-11-5-4-8-17(20)21)23(18-9-2-3-10-19(18)26(30)32)25(31)29-22-12-6-7-13-27-22/h2-13,16,23-24,28H,14-15H2,1H3,(H,27,29,31). The SMILES string of the molecule is COCCN1C(=O)c2ccccc2C(C(=O)Nc2ccccn2)C1c1c[nH]c2ccccc12. The lowest BCUT2D eigenvalue weighted by Gasteiger charge is -2.41. The maximum absolute atomic E-state index is 13.8. The van der Waals surface area contributed by atoms with Crippen molar-refractivity contribution in [1.29, 1.82) is 0 Å². The molecule has 5 rings (SSSR count). The fourth-order valence-corrected chi connectivity index (χ4v) is 4.64. The van der Waals surface area contributed by atoms with Crippen molar-refractivity contribution in [2.75, 3.05) is 25.6 Å². The Morgan fingerprint density at radius 2 is 1.85 bits per heavy atom. The number of pyridine rings is 1. The average Bonchev–Trinajstić information content (AvgIpc) is 3.28. The molecule has 0 radical (unpaired) electrons. The summed E-state index contributed by atoms with van der Waals surface area (Å²) in [7, 11) is 1.61. The lowest BCUT2D eigenvalue weighted by Crippen LogP contribution is -2.47. The van der Waals surface area contributed by atoms with Gasteiger partial charge >= 0.3 is 0 Å². The van der Waals surface area contributed by atoms with E-state index in [1.54, 1.807) is 36.4 Å². The van der Waals surface area contributed by atoms with Gasteiger partial charge in [0.15, 0.2) is 0 Å². The molecule has 3 heterocycles. The number of benzene rings is 2. The van der Waals surface area contributed by atoms with E-state index in [1.807, 2.05) is 54.7 Å². The van der Waals surface area contributed by atoms with Crippen LogP contribution in [0.1, 0.15) is 33.4 Å². The number of rotatable bonds is 6. The molecule has 0 saturated carbocycles. The second-order valence-corrected chi connectivity index (χ2v) is 7.99. The predicted octanol–water partition coefficient (Wildman–Crippen LogP) is 4.13. The number of methoxy groups -OCH3 is 1. The number of para-hydroxylation sites is 1. The van der Waals surface area contributed by atoms with E-state index < -0.39 is 12.0 Å². The van der Waals surface area contributed by atoms with Gasteiger partial charge in [0.2, 0.25) is 5.91 Å². The summed E-state index contributed by atoms with van der Waals surface area (Å²) in [6.45, 7) is 0.725. The first kappa shape index (κ1) is 20.9. The zero-order valence-corrected chi connectivity index (χ0v) is 18.2. The summed E-state index contributed by atoms with van der Waals surface area (Å²) in [5.41, 5.74) is 3.09. The maximum Gasteiger partial charge on any atom is 0.254 e. The fourth-order valence-electron chi connectivity index (χ4n) is 4.64. The van der Waals surface area contributed by atoms with E-state index >= 15 is 0 Å². The lowest BCUT2D eigenvalue weighted by atomic mass is 9.79. The highest BCUT2D eigenvalue weighted by Gasteiger charge is 2.44. The molecule has 0 bridgehead atoms. The highest BCUT2D eigenvalue weighted by Crippen LogP contribution is 2.45. The molecule has 2 N–H and O–H groups in total. The Balaban J connectivity index is 1.68. The zero-order chi connectivity index (χ0) is 22.8. The summed E-state index contributed by atoms with van der Waals surface area (Å²) in [5, 5.41) is 3.93. The van der Waals surface area contributed by atoms with E-state index in [4.69, 9.17) is 4.74 Å². The fraction of sp³-hybridized carbons (Fsp3) is 0.192. The molecule has 0 saturated heterocycles. The van der Waals surface area contributed by atoms with E-state index in [0.717, 1.165) is 16.5 Å². The Labute approximate surface area is 191 Å². The van der Waals surface area contributed by atoms with Crippen molar-refractivity contribution in [1.82, 2.24) is 14.9 Å². The molecular formula is C26H24N4O3. The number of hydrogen-bond donors (Lipinski definition) is 2. The van der Waals surface area contributed by atoms with Crippen molar-refractivity contribution in [3.63, 3.8) is 0 Å². The van der Waals surface area contributed by atoms with Crippen LogP contribution in [0.4, 0.5) is 5.82 Å². The largest absolute Gasteiger partial charge is 0.383 e. The average molecular weight is 441 g/mol. The van der Waals surface area contributed by atoms with Gasteiger partial charge in [-0.05, 0) is 29.8 Å². The number of nitrogens with one attached hydrogen (secondary N) is 2. The highest BCUT2D eigenvalue weighted by atomic mass is 16.5. The van der Waals surface area contributed by atoms with E-state index in [9.17, 15) is 9.59 Å². The monoisotopic (exact) mass is 440 g/mol. The molecule has 33 heavy (non-hydrogen) atoms. The van der Waals surface area contributed by atoms with Crippen molar-refractivity contribution in [3.05, 3.63) is 95.8 Å². The van der Waals surface area contributed by atoms with Gasteiger partial charge < -0.3 is 19.9 Å². The number of nitrogens with zero attached hydrogens (tertiary/aromatic N) is 2. The van der Waals surface area contributed by atoms with Gasteiger partial charge in [-0.2, -0.15) is 0 Å². The molecule has 7 nitrogen and oxygen atoms in total. The second-order valence-electron chi connectivity index (χ2n) is 7.99. The number of carbonyl (C=O) groups excluding carboxylic acids is 2. The van der Waals surface area contributed by atoms with Gasteiger partial charge in [0.05, 0.1) is 18.6 Å². The maximum atomic E-state index is 13.8. The molecule has 0 spiro atoms. The van der Waals surface area contributed by atoms with Crippen LogP contribution in [0.5, 0.6) is 0 Å². The van der Waals surface area contributed by atoms with Crippen LogP contribution in [0.2, 0.25) is 0 Å². The molecule has 2 atom stereocenters. The molecule has 0 fully saturated rings. The minimum atomic E-state index is -0.628. The number of carbonyl (C=O) groups is 2. The number of H-pyrrole nitrogens is 1. The summed E-state index contributed by atoms with van der Waals surface area (Å²) in [4.78, 5) is 36.7. The summed E-state index contributed by atoms with van der Waals surface area (Å²) >= 11 is 0. The van der Waals surface area contributed by atoms with Crippen LogP contribution < -0.4 is 5.32 Å². The Morgan fingerprint density at radius 3 is 2.67 bits per heavy atom. The van der Waals surface area contributed by atoms with E-state index in [-0.39, 0.29) is 11.8 Å². The van der Waals surface area contributed by atoms with Crippen molar-refractivity contribution < 1.29 is 14.3 Å². The first-order valence-corrected chi connectivity index (χ1v) is 10.9. The van der Waals surface area contributed by atoms with Crippen LogP contribution in [0.3, 0.4) is 0 Å². The topological polar surface area (TPSA) is 87.3 Å². The first-order valence-electron chi connectivity index (χ1n) is 10.9. The number of anilines is 1. The van der Waals surface area contributed by atoms with E-state index in [1.165, 1.54) is 0 Å². The summed E-state index contributed by atoms with van der Waals surface area (Å²) in [6.07, 6.45) is 3.54. The number of ether oxygens (including phenoxy) is 1. The first-order chi connectivity index (χ1) is 16.2. The zero-order valence-electron chi connectivity index (χ0n) is 18.2. The minimum Gasteiger partial charge on any atom is -0.383 e. The summed E-state index contributed by atoms with van der Waals surface area (Å²) < 4.78 is 5.31. The smallest absolute Gasteiger partial charge is 0.254 e. The Kier molecular flexibility index (Phi) is 5.62. The van der Waals surface area contributed by atoms with Crippen LogP contribution in [0.15, 0.2) is 79.1 Å². The number of hydrogen-bond acceptors (Lipinski definition) is 4. The van der Waals surface area contributed by atoms with E-state index in [2.05, 4.69) is 15.3 Å². The second kappa shape index (κ2) is 8.88. The molecule has 2 unspecified atom stereocenters. The third-order valence-corrected chi connectivity index (χ3v) is 6.11. The lowest BCUT2D eigenvalue weighted by molar-refractivity contribution is -0.119. The van der Waals surface area contributed by atoms with Crippen molar-refractivity contribution >= 4 is 28.5 Å². The minimum absolute atomic E-state index is 0.111. The highest BCUT2D eigenvalue weighted by molar-refractivity contribution is 6.04. The van der Waals surface area contributed by atoms with Crippen LogP contribution in [-0.4, -0.2) is 46.9 Å². The van der Waals surface area contributed by atoms with Crippen LogP contribution >= 0.6 is 0 Å². The summed E-state index contributed by atoms with van der Waals surface area (Å²) in [5.74, 6) is -0.485. The van der Waals surface area contributed by atoms with E-state index in [0.29, 0.717) is 30.1 Å². The molecule has 1 aliphatic heterocycles. The third-order valence-electron chi connectivity index (χ3n) is 6.11. The molecule has 1 aliphatic rings. The van der Waals surface area contributed by atoms with Crippen LogP contribution in [0, 0.1) is 0 Å². The molecule has 2 aromatic heterocycles. The summed E-state index contributed by atoms with van der Waals surface area (Å²) in [6, 6.07) is 20.1. The Hall–Kier alpha value is -3.97. The number of amides is 2. The molecule has 7 heteroatoms. The number of aromatic nitrogens is 2. The van der Waals surface area contributed by atoms with Gasteiger partial charge in [-0.25, -0.2) is 4.98 Å². The Bertz CT molecular complexity index is 1300.